The van der Waals surface area contributed by atoms with Crippen LogP contribution in [0.5, 0.6) is 0 Å². The number of benzene rings is 23. The molecule has 25 rings (SSSR count). The molecule has 0 radical (unpaired) electrons. The molecule has 2 heterocycles. The van der Waals surface area contributed by atoms with Crippen LogP contribution in [0.25, 0.3) is 240 Å². The lowest BCUT2D eigenvalue weighted by Gasteiger charge is -2.14. The van der Waals surface area contributed by atoms with Gasteiger partial charge in [-0.15, -0.1) is 11.3 Å². The number of thiophene rings is 1. The number of hydrogen-bond acceptors (Lipinski definition) is 4. The molecular formula is C126H85N3S. The third kappa shape index (κ3) is 14.8. The van der Waals surface area contributed by atoms with Gasteiger partial charge in [0.15, 0.2) is 17.5 Å². The van der Waals surface area contributed by atoms with Crippen LogP contribution in [-0.2, 0) is 0 Å². The molecule has 0 saturated carbocycles. The number of rotatable bonds is 11. The summed E-state index contributed by atoms with van der Waals surface area (Å²) >= 11 is 0.810. The topological polar surface area (TPSA) is 38.7 Å². The first-order valence-corrected chi connectivity index (χ1v) is 39.3. The van der Waals surface area contributed by atoms with Crippen LogP contribution < -0.4 is 0 Å². The van der Waals surface area contributed by atoms with Crippen molar-refractivity contribution in [3.8, 4) is 123 Å². The van der Waals surface area contributed by atoms with E-state index in [0.29, 0.717) is 0 Å². The first-order chi connectivity index (χ1) is 95.9. The maximum absolute atomic E-state index is 9.70. The van der Waals surface area contributed by atoms with Gasteiger partial charge < -0.3 is 0 Å². The van der Waals surface area contributed by atoms with Gasteiger partial charge in [-0.25, -0.2) is 15.0 Å². The average Bonchev–Trinajstić information content (AvgIpc) is 0.881. The van der Waals surface area contributed by atoms with Gasteiger partial charge in [-0.1, -0.05) is 404 Å². The second kappa shape index (κ2) is 33.5. The van der Waals surface area contributed by atoms with Crippen molar-refractivity contribution in [3.05, 3.63) is 476 Å². The summed E-state index contributed by atoms with van der Waals surface area (Å²) in [6.07, 6.45) is 0. The molecule has 0 aliphatic rings. The van der Waals surface area contributed by atoms with E-state index in [1.807, 2.05) is 0 Å². The predicted octanol–water partition coefficient (Wildman–Crippen LogP) is 35.3. The summed E-state index contributed by atoms with van der Waals surface area (Å²) in [6.45, 7) is 3.99. The lowest BCUT2D eigenvalue weighted by atomic mass is 9.90. The number of aromatic nitrogens is 3. The van der Waals surface area contributed by atoms with Gasteiger partial charge in [-0.2, -0.15) is 0 Å². The van der Waals surface area contributed by atoms with E-state index in [-0.39, 0.29) is 65.9 Å². The average molecular weight is 1750 g/mol. The lowest BCUT2D eigenvalue weighted by Crippen LogP contribution is -2.00. The van der Waals surface area contributed by atoms with E-state index in [4.69, 9.17) is 80.9 Å². The van der Waals surface area contributed by atoms with E-state index < -0.39 is 650 Å². The van der Waals surface area contributed by atoms with Gasteiger partial charge in [-0.3, -0.25) is 0 Å². The smallest absolute Gasteiger partial charge is 0.164 e. The Bertz CT molecular complexity index is 13300. The Morgan fingerprint density at radius 2 is 0.400 bits per heavy atom. The van der Waals surface area contributed by atoms with Gasteiger partial charge >= 0.3 is 0 Å². The van der Waals surface area contributed by atoms with Gasteiger partial charge in [0.2, 0.25) is 0 Å². The fourth-order valence-corrected chi connectivity index (χ4v) is 15.4. The molecule has 0 aliphatic heterocycles. The van der Waals surface area contributed by atoms with E-state index >= 15 is 0 Å². The largest absolute Gasteiger partial charge is 0.208 e. The molecular weight excluding hydrogens is 1590 g/mol. The second-order valence-corrected chi connectivity index (χ2v) is 29.1. The summed E-state index contributed by atoms with van der Waals surface area (Å²) in [7, 11) is 0. The predicted molar refractivity (Wildman–Crippen MR) is 557 cm³/mol. The molecule has 25 aromatic rings. The highest BCUT2D eigenvalue weighted by Crippen LogP contribution is 2.46. The zero-order valence-corrected chi connectivity index (χ0v) is 67.1. The third-order valence-corrected chi connectivity index (χ3v) is 21.2. The van der Waals surface area contributed by atoms with Crippen molar-refractivity contribution in [1.29, 1.82) is 0 Å². The van der Waals surface area contributed by atoms with Crippen LogP contribution in [0.15, 0.2) is 459 Å². The van der Waals surface area contributed by atoms with Crippen LogP contribution in [0.3, 0.4) is 0 Å². The standard InChI is InChI=1S/C46H31N3.C43H30.C37H24S/c1-30-21-23-32(24-22-30)45-47-44(31-11-3-2-4-12-31)48-46(49-45)37-16-10-15-35(28-37)33-13-9-14-34(27-33)36-25-26-42-40-19-6-5-17-38(40)39-18-7-8-20-41(39)43(42)29-36;1-29-11-9-14-31(23-29)36-25-35(30-12-3-2-4-13-30)26-37(27-36)33-16-10-15-32(24-33)34-21-22-42-40-19-6-5-17-38(40)39-18-7-8-20-41(39)43(42)28-34;1-23-16-18-33-34-15-7-14-27(37(34)38-36(33)20-23)26-9-6-8-24(21-26)25-17-19-32-30-12-3-2-10-28(30)29-11-4-5-13-31(29)35(32)22-25/h2-29H,1H3;2-28H,1H3;2-22H,1H3/i2D,3D,4D,5D,6D,7D,8D,9D,10D,11D,12D,13D,14D,15D,16D,17D,18D,19D,20D,21D,22D,23D,24D,25D,26D,27D,28D,29D;2D,3D,4D,5D,6D,7D,8D,9D,10D,11D,12D,13D,14D,15D,16D,17D,18D,19D,20D,21D,22D,23D,24D,25D,26D,27D,28D;2D,3D,4D,5D,6D,7D,8D,9D,10D,11D,12D,13D,14D,15D,16D,17D,18D,19D,20D,21D,22D. The summed E-state index contributed by atoms with van der Waals surface area (Å²) < 4.78 is 675. The fourth-order valence-electron chi connectivity index (χ4n) is 14.2. The van der Waals surface area contributed by atoms with Crippen molar-refractivity contribution < 1.29 is 104 Å². The summed E-state index contributed by atoms with van der Waals surface area (Å²) in [4.78, 5) is 12.8. The first-order valence-electron chi connectivity index (χ1n) is 76.5. The highest BCUT2D eigenvalue weighted by atomic mass is 32.1. The van der Waals surface area contributed by atoms with Crippen molar-refractivity contribution in [2.75, 3.05) is 0 Å². The number of hydrogen-bond donors (Lipinski definition) is 0. The van der Waals surface area contributed by atoms with Gasteiger partial charge in [0.1, 0.15) is 0 Å². The Labute approximate surface area is 866 Å². The first kappa shape index (κ1) is 32.2. The zero-order chi connectivity index (χ0) is 153. The SMILES string of the molecule is [2H]c1c([2H])c(-c2c([2H])c([2H])c3c4c([2H])c([2H])c([2H])c([2H])c4c4c([2H])c([2H])c([2H])c([2H])c4c3c2[2H])c([2H])c(-c2c([2H])c([2H])c([2H])c3c2sc2c([2H])c(C)c([2H])c([2H])c23)c1[2H].[2H]c1c([2H])c([2H])c(-c2c([2H])c(-c3c([2H])c([2H])c([2H])c(C)c3[2H])c([2H])c(-c3c([2H])c([2H])c([2H])c(-c4c([2H])c([2H])c5c6c([2H])c([2H])c([2H])c([2H])c6c6c([2H])c([2H])c([2H])c([2H])c6c5c4[2H])c3[2H])c2[2H])c([2H])c1[2H].[2H]c1c([2H])c([2H])c(-c2nc(-c3c([2H])c([2H])c(C)c([2H])c3[2H])nc(-c3c([2H])c([2H])c([2H])c(-c4c([2H])c([2H])c([2H])c(-c5c([2H])c([2H])c6c7c([2H])c([2H])c([2H])c([2H])c7c7c([2H])c([2H])c([2H])c([2H])c7c6c5[2H])c4[2H])c3[2H])n2)c([2H])c1[2H]. The highest BCUT2D eigenvalue weighted by molar-refractivity contribution is 7.26. The van der Waals surface area contributed by atoms with Crippen LogP contribution in [0.2, 0.25) is 0 Å². The van der Waals surface area contributed by atoms with Crippen molar-refractivity contribution in [2.45, 2.75) is 20.8 Å². The van der Waals surface area contributed by atoms with Crippen LogP contribution in [0.1, 0.15) is 121 Å². The quantitative estimate of drug-likeness (QED) is 0.121. The maximum atomic E-state index is 9.70. The Morgan fingerprint density at radius 1 is 0.154 bits per heavy atom. The normalized spacial score (nSPS) is 19.7. The minimum Gasteiger partial charge on any atom is -0.208 e. The van der Waals surface area contributed by atoms with E-state index in [1.54, 1.807) is 0 Å². The van der Waals surface area contributed by atoms with Crippen LogP contribution in [-0.4, -0.2) is 15.0 Å². The molecule has 0 bridgehead atoms. The molecule has 0 atom stereocenters. The fraction of sp³-hybridized carbons (Fsp3) is 0.0238. The molecule has 610 valence electrons. The van der Waals surface area contributed by atoms with Crippen molar-refractivity contribution >= 4 is 128 Å². The van der Waals surface area contributed by atoms with Crippen LogP contribution in [0, 0.1) is 20.8 Å². The summed E-state index contributed by atoms with van der Waals surface area (Å²) in [5.74, 6) is -2.44. The number of fused-ring (bicyclic) bond motifs is 21. The monoisotopic (exact) mass is 1750 g/mol. The summed E-state index contributed by atoms with van der Waals surface area (Å²) in [5, 5.41) is -9.15. The highest BCUT2D eigenvalue weighted by Gasteiger charge is 2.20. The molecule has 0 fully saturated rings. The Hall–Kier alpha value is -16.4. The molecule has 2 aromatic heterocycles. The summed E-state index contributed by atoms with van der Waals surface area (Å²) in [6, 6.07) is -64.3. The molecule has 0 amide bonds. The van der Waals surface area contributed by atoms with Crippen molar-refractivity contribution in [3.63, 3.8) is 0 Å². The Morgan fingerprint density at radius 3 is 0.823 bits per heavy atom. The number of nitrogens with zero attached hydrogens (tertiary/aromatic N) is 3. The second-order valence-electron chi connectivity index (χ2n) is 28.1. The van der Waals surface area contributed by atoms with Gasteiger partial charge in [-0.05, 0) is 279 Å². The lowest BCUT2D eigenvalue weighted by molar-refractivity contribution is 1.07. The van der Waals surface area contributed by atoms with Crippen molar-refractivity contribution in [2.24, 2.45) is 0 Å². The van der Waals surface area contributed by atoms with Gasteiger partial charge in [0.05, 0.1) is 104 Å². The molecule has 130 heavy (non-hydrogen) atoms. The summed E-state index contributed by atoms with van der Waals surface area (Å²) in [5.41, 5.74) is -15.0. The molecule has 0 unspecified atom stereocenters. The Balaban J connectivity index is 0.000000159. The zero-order valence-electron chi connectivity index (χ0n) is 142. The van der Waals surface area contributed by atoms with Gasteiger partial charge in [0, 0.05) is 36.9 Å². The molecule has 0 saturated heterocycles. The molecule has 0 N–H and O–H groups in total. The van der Waals surface area contributed by atoms with Crippen molar-refractivity contribution in [1.82, 2.24) is 15.0 Å². The molecule has 0 aliphatic carbocycles. The minimum absolute atomic E-state index is 0.0382. The minimum atomic E-state index is -1.12. The van der Waals surface area contributed by atoms with Gasteiger partial charge in [0.25, 0.3) is 0 Å². The maximum Gasteiger partial charge on any atom is 0.164 e. The molecule has 0 spiro atoms. The van der Waals surface area contributed by atoms with Crippen LogP contribution in [0.4, 0.5) is 0 Å². The van der Waals surface area contributed by atoms with E-state index in [9.17, 15) is 23.3 Å². The van der Waals surface area contributed by atoms with E-state index in [2.05, 4.69) is 15.0 Å². The molecule has 3 nitrogen and oxygen atoms in total. The van der Waals surface area contributed by atoms with Crippen LogP contribution >= 0.6 is 11.3 Å². The Kier molecular flexibility index (Phi) is 8.30. The van der Waals surface area contributed by atoms with E-state index in [1.165, 1.54) is 20.8 Å². The molecule has 23 aromatic carbocycles. The third-order valence-electron chi connectivity index (χ3n) is 20.1. The van der Waals surface area contributed by atoms with E-state index in [0.717, 1.165) is 11.3 Å². The molecule has 4 heteroatoms.